The number of nitrogens with one attached hydrogen (secondary N) is 2. The maximum Gasteiger partial charge on any atom is 0.234 e. The van der Waals surface area contributed by atoms with Gasteiger partial charge in [0.1, 0.15) is 5.01 Å². The van der Waals surface area contributed by atoms with Gasteiger partial charge in [-0.15, -0.1) is 11.3 Å². The summed E-state index contributed by atoms with van der Waals surface area (Å²) < 4.78 is 0. The van der Waals surface area contributed by atoms with E-state index in [4.69, 9.17) is 0 Å². The molecule has 0 bridgehead atoms. The van der Waals surface area contributed by atoms with E-state index in [2.05, 4.69) is 36.4 Å². The second-order valence-corrected chi connectivity index (χ2v) is 5.74. The Kier molecular flexibility index (Phi) is 6.29. The molecule has 102 valence electrons. The van der Waals surface area contributed by atoms with Crippen molar-refractivity contribution in [2.45, 2.75) is 46.2 Å². The molecular weight excluding hydrogens is 246 g/mol. The van der Waals surface area contributed by atoms with Crippen LogP contribution in [0.3, 0.4) is 0 Å². The Bertz CT molecular complexity index is 351. The first-order valence-corrected chi connectivity index (χ1v) is 7.34. The molecule has 0 aromatic carbocycles. The van der Waals surface area contributed by atoms with E-state index in [1.165, 1.54) is 0 Å². The van der Waals surface area contributed by atoms with Gasteiger partial charge in [-0.3, -0.25) is 10.1 Å². The van der Waals surface area contributed by atoms with Crippen LogP contribution >= 0.6 is 11.3 Å². The molecule has 1 rings (SSSR count). The summed E-state index contributed by atoms with van der Waals surface area (Å²) in [6, 6.07) is 0.379. The van der Waals surface area contributed by atoms with Crippen molar-refractivity contribution in [1.29, 1.82) is 0 Å². The zero-order valence-corrected chi connectivity index (χ0v) is 12.4. The second-order valence-electron chi connectivity index (χ2n) is 4.81. The molecular formula is C13H23N3OS. The summed E-state index contributed by atoms with van der Waals surface area (Å²) in [6.45, 7) is 8.66. The van der Waals surface area contributed by atoms with Crippen LogP contribution in [0.15, 0.2) is 11.6 Å². The fraction of sp³-hybridized carbons (Fsp3) is 0.692. The Balaban J connectivity index is 2.37. The summed E-state index contributed by atoms with van der Waals surface area (Å²) in [6.07, 6.45) is 2.73. The van der Waals surface area contributed by atoms with Crippen molar-refractivity contribution in [1.82, 2.24) is 15.6 Å². The van der Waals surface area contributed by atoms with Crippen LogP contribution in [0, 0.1) is 5.92 Å². The number of amides is 1. The lowest BCUT2D eigenvalue weighted by molar-refractivity contribution is -0.121. The highest BCUT2D eigenvalue weighted by Gasteiger charge is 2.14. The minimum Gasteiger partial charge on any atom is -0.352 e. The van der Waals surface area contributed by atoms with E-state index in [1.807, 2.05) is 12.3 Å². The number of thiazole rings is 1. The molecule has 0 aliphatic rings. The Morgan fingerprint density at radius 3 is 2.67 bits per heavy atom. The highest BCUT2D eigenvalue weighted by Crippen LogP contribution is 2.18. The molecule has 0 spiro atoms. The van der Waals surface area contributed by atoms with Crippen molar-refractivity contribution >= 4 is 17.2 Å². The highest BCUT2D eigenvalue weighted by atomic mass is 32.1. The first kappa shape index (κ1) is 15.1. The molecule has 1 amide bonds. The van der Waals surface area contributed by atoms with E-state index >= 15 is 0 Å². The van der Waals surface area contributed by atoms with E-state index in [0.717, 1.165) is 11.4 Å². The average molecular weight is 269 g/mol. The van der Waals surface area contributed by atoms with Crippen molar-refractivity contribution in [3.05, 3.63) is 16.6 Å². The van der Waals surface area contributed by atoms with Gasteiger partial charge in [-0.1, -0.05) is 20.8 Å². The van der Waals surface area contributed by atoms with E-state index < -0.39 is 0 Å². The SMILES string of the molecule is CCC(NCC(=O)NC(C)C(C)C)c1nccs1. The van der Waals surface area contributed by atoms with Gasteiger partial charge < -0.3 is 5.32 Å². The Hall–Kier alpha value is -0.940. The lowest BCUT2D eigenvalue weighted by Gasteiger charge is -2.19. The molecule has 2 N–H and O–H groups in total. The fourth-order valence-corrected chi connectivity index (χ4v) is 2.30. The number of carbonyl (C=O) groups excluding carboxylic acids is 1. The molecule has 0 saturated heterocycles. The molecule has 0 fully saturated rings. The Morgan fingerprint density at radius 2 is 2.17 bits per heavy atom. The molecule has 4 nitrogen and oxygen atoms in total. The molecule has 0 saturated carbocycles. The van der Waals surface area contributed by atoms with Gasteiger partial charge in [0.25, 0.3) is 0 Å². The fourth-order valence-electron chi connectivity index (χ4n) is 1.50. The van der Waals surface area contributed by atoms with Crippen LogP contribution in [-0.2, 0) is 4.79 Å². The van der Waals surface area contributed by atoms with Crippen molar-refractivity contribution < 1.29 is 4.79 Å². The van der Waals surface area contributed by atoms with Gasteiger partial charge in [0.15, 0.2) is 0 Å². The maximum atomic E-state index is 11.8. The van der Waals surface area contributed by atoms with Crippen LogP contribution in [0.1, 0.15) is 45.2 Å². The van der Waals surface area contributed by atoms with Crippen molar-refractivity contribution in [3.8, 4) is 0 Å². The number of hydrogen-bond acceptors (Lipinski definition) is 4. The zero-order chi connectivity index (χ0) is 13.5. The van der Waals surface area contributed by atoms with Crippen LogP contribution in [0.25, 0.3) is 0 Å². The van der Waals surface area contributed by atoms with Crippen molar-refractivity contribution in [2.75, 3.05) is 6.54 Å². The van der Waals surface area contributed by atoms with Crippen molar-refractivity contribution in [2.24, 2.45) is 5.92 Å². The van der Waals surface area contributed by atoms with Gasteiger partial charge in [0, 0.05) is 17.6 Å². The maximum absolute atomic E-state index is 11.8. The molecule has 0 aliphatic heterocycles. The van der Waals surface area contributed by atoms with Crippen molar-refractivity contribution in [3.63, 3.8) is 0 Å². The topological polar surface area (TPSA) is 54.0 Å². The molecule has 2 unspecified atom stereocenters. The quantitative estimate of drug-likeness (QED) is 0.799. The lowest BCUT2D eigenvalue weighted by Crippen LogP contribution is -2.42. The predicted molar refractivity (Wildman–Crippen MR) is 75.6 cm³/mol. The largest absolute Gasteiger partial charge is 0.352 e. The first-order valence-electron chi connectivity index (χ1n) is 6.46. The van der Waals surface area contributed by atoms with E-state index in [9.17, 15) is 4.79 Å². The Labute approximate surface area is 113 Å². The van der Waals surface area contributed by atoms with E-state index in [0.29, 0.717) is 12.5 Å². The van der Waals surface area contributed by atoms with Gasteiger partial charge in [-0.25, -0.2) is 4.98 Å². The molecule has 18 heavy (non-hydrogen) atoms. The highest BCUT2D eigenvalue weighted by molar-refractivity contribution is 7.09. The lowest BCUT2D eigenvalue weighted by atomic mass is 10.1. The van der Waals surface area contributed by atoms with E-state index in [-0.39, 0.29) is 18.0 Å². The smallest absolute Gasteiger partial charge is 0.234 e. The monoisotopic (exact) mass is 269 g/mol. The summed E-state index contributed by atoms with van der Waals surface area (Å²) in [5, 5.41) is 9.24. The Morgan fingerprint density at radius 1 is 1.44 bits per heavy atom. The summed E-state index contributed by atoms with van der Waals surface area (Å²) in [4.78, 5) is 16.0. The van der Waals surface area contributed by atoms with Crippen LogP contribution < -0.4 is 10.6 Å². The van der Waals surface area contributed by atoms with Gasteiger partial charge in [0.2, 0.25) is 5.91 Å². The van der Waals surface area contributed by atoms with E-state index in [1.54, 1.807) is 17.5 Å². The molecule has 1 heterocycles. The van der Waals surface area contributed by atoms with Crippen LogP contribution in [0.5, 0.6) is 0 Å². The minimum absolute atomic E-state index is 0.0474. The number of nitrogens with zero attached hydrogens (tertiary/aromatic N) is 1. The molecule has 1 aromatic heterocycles. The average Bonchev–Trinajstić information content (AvgIpc) is 2.83. The number of carbonyl (C=O) groups is 1. The molecule has 0 aliphatic carbocycles. The summed E-state index contributed by atoms with van der Waals surface area (Å²) in [5.41, 5.74) is 0. The predicted octanol–water partition coefficient (Wildman–Crippen LogP) is 2.34. The first-order chi connectivity index (χ1) is 8.54. The third-order valence-corrected chi connectivity index (χ3v) is 3.94. The summed E-state index contributed by atoms with van der Waals surface area (Å²) in [7, 11) is 0. The number of aromatic nitrogens is 1. The zero-order valence-electron chi connectivity index (χ0n) is 11.6. The van der Waals surface area contributed by atoms with Gasteiger partial charge in [0.05, 0.1) is 12.6 Å². The molecule has 1 aromatic rings. The minimum atomic E-state index is 0.0474. The third-order valence-electron chi connectivity index (χ3n) is 3.06. The standard InChI is InChI=1S/C13H23N3OS/c1-5-11(13-14-6-7-18-13)15-8-12(17)16-10(4)9(2)3/h6-7,9-11,15H,5,8H2,1-4H3,(H,16,17). The van der Waals surface area contributed by atoms with Gasteiger partial charge in [-0.2, -0.15) is 0 Å². The summed E-state index contributed by atoms with van der Waals surface area (Å²) >= 11 is 1.62. The van der Waals surface area contributed by atoms with Crippen LogP contribution in [-0.4, -0.2) is 23.5 Å². The second kappa shape index (κ2) is 7.48. The third kappa shape index (κ3) is 4.74. The van der Waals surface area contributed by atoms with Crippen LogP contribution in [0.4, 0.5) is 0 Å². The summed E-state index contributed by atoms with van der Waals surface area (Å²) in [5.74, 6) is 0.501. The number of hydrogen-bond donors (Lipinski definition) is 2. The normalized spacial score (nSPS) is 14.5. The number of rotatable bonds is 7. The van der Waals surface area contributed by atoms with Crippen LogP contribution in [0.2, 0.25) is 0 Å². The molecule has 5 heteroatoms. The van der Waals surface area contributed by atoms with Gasteiger partial charge >= 0.3 is 0 Å². The molecule has 2 atom stereocenters. The van der Waals surface area contributed by atoms with Gasteiger partial charge in [-0.05, 0) is 19.3 Å². The molecule has 0 radical (unpaired) electrons.